The van der Waals surface area contributed by atoms with Crippen molar-refractivity contribution in [2.24, 2.45) is 17.6 Å². The first-order chi connectivity index (χ1) is 7.61. The van der Waals surface area contributed by atoms with Crippen molar-refractivity contribution in [1.29, 1.82) is 0 Å². The number of rotatable bonds is 0. The van der Waals surface area contributed by atoms with Crippen LogP contribution in [0, 0.1) is 11.8 Å². The van der Waals surface area contributed by atoms with Gasteiger partial charge in [-0.15, -0.1) is 0 Å². The van der Waals surface area contributed by atoms with Crippen LogP contribution in [0.15, 0.2) is 0 Å². The lowest BCUT2D eigenvalue weighted by atomic mass is 9.87. The molecule has 3 N–H and O–H groups in total. The normalized spacial score (nSPS) is 37.4. The minimum Gasteiger partial charge on any atom is -0.393 e. The third kappa shape index (κ3) is 6.42. The Morgan fingerprint density at radius 3 is 1.59 bits per heavy atom. The quantitative estimate of drug-likeness (QED) is 0.681. The van der Waals surface area contributed by atoms with Crippen molar-refractivity contribution in [3.8, 4) is 0 Å². The largest absolute Gasteiger partial charge is 0.393 e. The maximum absolute atomic E-state index is 9.18. The van der Waals surface area contributed by atoms with Gasteiger partial charge < -0.3 is 10.8 Å². The highest BCUT2D eigenvalue weighted by atomic mass is 16.3. The molecule has 0 bridgehead atoms. The second kappa shape index (κ2) is 8.93. The molecule has 0 heterocycles. The van der Waals surface area contributed by atoms with Crippen LogP contribution in [-0.2, 0) is 0 Å². The van der Waals surface area contributed by atoms with E-state index in [4.69, 9.17) is 5.73 Å². The van der Waals surface area contributed by atoms with E-state index in [2.05, 4.69) is 13.8 Å². The molecule has 0 aromatic carbocycles. The molecule has 0 aromatic rings. The number of aliphatic hydroxyl groups is 1. The Kier molecular flexibility index (Phi) is 8.89. The van der Waals surface area contributed by atoms with Gasteiger partial charge in [0.05, 0.1) is 6.10 Å². The molecule has 2 rings (SSSR count). The predicted molar refractivity (Wildman–Crippen MR) is 76.0 cm³/mol. The van der Waals surface area contributed by atoms with Gasteiger partial charge >= 0.3 is 0 Å². The van der Waals surface area contributed by atoms with E-state index >= 15 is 0 Å². The fraction of sp³-hybridized carbons (Fsp3) is 1.00. The summed E-state index contributed by atoms with van der Waals surface area (Å²) in [7, 11) is 0. The topological polar surface area (TPSA) is 46.2 Å². The molecule has 17 heavy (non-hydrogen) atoms. The number of hydrogen-bond acceptors (Lipinski definition) is 2. The summed E-state index contributed by atoms with van der Waals surface area (Å²) in [6.07, 6.45) is 10.2. The molecular formula is C15H33NO. The molecule has 0 aromatic heterocycles. The van der Waals surface area contributed by atoms with Gasteiger partial charge in [0.2, 0.25) is 0 Å². The Morgan fingerprint density at radius 2 is 1.29 bits per heavy atom. The Hall–Kier alpha value is -0.0800. The van der Waals surface area contributed by atoms with E-state index in [0.717, 1.165) is 12.3 Å². The maximum Gasteiger partial charge on any atom is 0.0565 e. The van der Waals surface area contributed by atoms with Gasteiger partial charge in [-0.05, 0) is 37.5 Å². The zero-order valence-corrected chi connectivity index (χ0v) is 11.0. The number of nitrogens with two attached hydrogens (primary N) is 1. The first kappa shape index (κ1) is 16.9. The summed E-state index contributed by atoms with van der Waals surface area (Å²) in [4.78, 5) is 0. The predicted octanol–water partition coefficient (Wildman–Crippen LogP) is 3.72. The molecule has 2 heteroatoms. The van der Waals surface area contributed by atoms with Crippen LogP contribution in [-0.4, -0.2) is 17.3 Å². The molecule has 2 saturated carbocycles. The summed E-state index contributed by atoms with van der Waals surface area (Å²) >= 11 is 0. The summed E-state index contributed by atoms with van der Waals surface area (Å²) in [5.41, 5.74) is 5.78. The van der Waals surface area contributed by atoms with Crippen molar-refractivity contribution in [1.82, 2.24) is 0 Å². The summed E-state index contributed by atoms with van der Waals surface area (Å²) < 4.78 is 0. The van der Waals surface area contributed by atoms with E-state index in [1.165, 1.54) is 44.9 Å². The molecule has 0 radical (unpaired) electrons. The minimum atomic E-state index is 0. The summed E-state index contributed by atoms with van der Waals surface area (Å²) in [5.74, 6) is 1.34. The molecule has 104 valence electrons. The van der Waals surface area contributed by atoms with Crippen LogP contribution in [0.4, 0.5) is 0 Å². The summed E-state index contributed by atoms with van der Waals surface area (Å²) in [5, 5.41) is 9.18. The highest BCUT2D eigenvalue weighted by molar-refractivity contribution is 4.73. The number of hydrogen-bond donors (Lipinski definition) is 2. The van der Waals surface area contributed by atoms with Crippen LogP contribution in [0.3, 0.4) is 0 Å². The van der Waals surface area contributed by atoms with Gasteiger partial charge in [-0.25, -0.2) is 0 Å². The molecule has 2 aliphatic rings. The van der Waals surface area contributed by atoms with Gasteiger partial charge in [-0.1, -0.05) is 47.0 Å². The lowest BCUT2D eigenvalue weighted by molar-refractivity contribution is 0.0793. The molecule has 0 unspecified atom stereocenters. The van der Waals surface area contributed by atoms with Gasteiger partial charge in [0.1, 0.15) is 0 Å². The van der Waals surface area contributed by atoms with Gasteiger partial charge in [0, 0.05) is 6.04 Å². The van der Waals surface area contributed by atoms with Crippen LogP contribution in [0.1, 0.15) is 72.6 Å². The number of aliphatic hydroxyl groups excluding tert-OH is 1. The van der Waals surface area contributed by atoms with Crippen LogP contribution >= 0.6 is 0 Å². The monoisotopic (exact) mass is 243 g/mol. The Balaban J connectivity index is 0.000000284. The van der Waals surface area contributed by atoms with Crippen molar-refractivity contribution in [3.63, 3.8) is 0 Å². The average molecular weight is 243 g/mol. The van der Waals surface area contributed by atoms with Crippen molar-refractivity contribution in [2.45, 2.75) is 84.8 Å². The highest BCUT2D eigenvalue weighted by Gasteiger charge is 2.17. The van der Waals surface area contributed by atoms with Gasteiger partial charge in [-0.2, -0.15) is 0 Å². The van der Waals surface area contributed by atoms with E-state index < -0.39 is 0 Å². The fourth-order valence-corrected chi connectivity index (χ4v) is 2.64. The highest BCUT2D eigenvalue weighted by Crippen LogP contribution is 2.23. The fourth-order valence-electron chi connectivity index (χ4n) is 2.64. The zero-order valence-electron chi connectivity index (χ0n) is 11.0. The first-order valence-electron chi connectivity index (χ1n) is 7.05. The second-order valence-electron chi connectivity index (χ2n) is 5.75. The van der Waals surface area contributed by atoms with Crippen LogP contribution in [0.2, 0.25) is 0 Å². The molecule has 0 saturated heterocycles. The smallest absolute Gasteiger partial charge is 0.0565 e. The molecule has 2 nitrogen and oxygen atoms in total. The molecule has 2 fully saturated rings. The lowest BCUT2D eigenvalue weighted by Crippen LogP contribution is -2.30. The molecule has 4 atom stereocenters. The van der Waals surface area contributed by atoms with Crippen LogP contribution in [0.25, 0.3) is 0 Å². The molecule has 0 spiro atoms. The lowest BCUT2D eigenvalue weighted by Gasteiger charge is -2.24. The van der Waals surface area contributed by atoms with Crippen LogP contribution < -0.4 is 5.73 Å². The van der Waals surface area contributed by atoms with Crippen molar-refractivity contribution in [3.05, 3.63) is 0 Å². The van der Waals surface area contributed by atoms with Crippen molar-refractivity contribution >= 4 is 0 Å². The molecule has 2 aliphatic carbocycles. The van der Waals surface area contributed by atoms with E-state index in [1.54, 1.807) is 0 Å². The van der Waals surface area contributed by atoms with Crippen molar-refractivity contribution < 1.29 is 5.11 Å². The Labute approximate surface area is 108 Å². The Morgan fingerprint density at radius 1 is 0.824 bits per heavy atom. The molecule has 0 amide bonds. The van der Waals surface area contributed by atoms with E-state index in [1.807, 2.05) is 0 Å². The summed E-state index contributed by atoms with van der Waals surface area (Å²) in [6, 6.07) is 0.503. The van der Waals surface area contributed by atoms with Gasteiger partial charge in [0.25, 0.3) is 0 Å². The third-order valence-corrected chi connectivity index (χ3v) is 4.24. The zero-order chi connectivity index (χ0) is 12.0. The van der Waals surface area contributed by atoms with Gasteiger partial charge in [-0.3, -0.25) is 0 Å². The van der Waals surface area contributed by atoms with E-state index in [0.29, 0.717) is 12.0 Å². The second-order valence-corrected chi connectivity index (χ2v) is 5.75. The summed E-state index contributed by atoms with van der Waals surface area (Å²) in [6.45, 7) is 4.38. The molecule has 0 aliphatic heterocycles. The molecular weight excluding hydrogens is 210 g/mol. The van der Waals surface area contributed by atoms with E-state index in [-0.39, 0.29) is 13.5 Å². The average Bonchev–Trinajstić information content (AvgIpc) is 2.28. The van der Waals surface area contributed by atoms with Crippen LogP contribution in [0.5, 0.6) is 0 Å². The first-order valence-corrected chi connectivity index (χ1v) is 7.05. The SMILES string of the molecule is C.C[C@@H]1CCCC[C@@H]1N.C[C@H]1CCCC[C@H]1O. The van der Waals surface area contributed by atoms with Crippen molar-refractivity contribution in [2.75, 3.05) is 0 Å². The maximum atomic E-state index is 9.18. The third-order valence-electron chi connectivity index (χ3n) is 4.24. The standard InChI is InChI=1S/C7H15N.C7H14O.CH4/c2*1-6-4-2-3-5-7(6)8;/h6-7H,2-5,8H2,1H3;6-8H,2-5H2,1H3;1H4/t2*6-,7+;/m10./s1. The Bertz CT molecular complexity index is 144. The van der Waals surface area contributed by atoms with E-state index in [9.17, 15) is 5.11 Å². The van der Waals surface area contributed by atoms with Gasteiger partial charge in [0.15, 0.2) is 0 Å². The minimum absolute atomic E-state index is 0.